The first kappa shape index (κ1) is 39.2. The van der Waals surface area contributed by atoms with Crippen LogP contribution in [0.5, 0.6) is 40.2 Å². The molecule has 0 amide bonds. The quantitative estimate of drug-likeness (QED) is 0.115. The Balaban J connectivity index is 1.11. The summed E-state index contributed by atoms with van der Waals surface area (Å²) in [5, 5.41) is 41.9. The lowest BCUT2D eigenvalue weighted by Crippen LogP contribution is -2.69. The number of carbonyl (C=O) groups is 2. The van der Waals surface area contributed by atoms with E-state index >= 15 is 0 Å². The van der Waals surface area contributed by atoms with Crippen LogP contribution >= 0.6 is 11.8 Å². The fraction of sp³-hybridized carbons (Fsp3) is 0.370. The molecule has 4 aromatic rings. The molecule has 7 aliphatic rings. The second-order valence-corrected chi connectivity index (χ2v) is 17.4. The molecule has 7 aliphatic heterocycles. The van der Waals surface area contributed by atoms with Crippen molar-refractivity contribution in [1.29, 1.82) is 5.26 Å². The summed E-state index contributed by atoms with van der Waals surface area (Å²) in [7, 11) is 3.01. The summed E-state index contributed by atoms with van der Waals surface area (Å²) < 4.78 is 35.9. The standard InChI is InChI=1S/C46H44N4O10S/c1-22-14-26-15-28-29(18-47)50-30-19-57-45(54)46(27-17-31(55-3)32(16-25(27)12-13-48-46)60-33(51)11-10-24-8-6-5-7-9-24)20-61-44(38(50)37(49-28)34(26)40(53)41(22)56-4)36-35(30)43-42(58-21-59-43)23(2)39(36)52/h5-11,14,16-17,28-30,37-38,44,48-49,52-53H,12-13,15,19-21H2,1-4H3/b11-10+/t28-,29-,30-,37-,38?,44+,46+/m0/s1. The smallest absolute Gasteiger partial charge is 0.336 e. The van der Waals surface area contributed by atoms with Gasteiger partial charge in [0.15, 0.2) is 40.0 Å². The maximum atomic E-state index is 14.9. The Labute approximate surface area is 356 Å². The Morgan fingerprint density at radius 1 is 1.00 bits per heavy atom. The zero-order chi connectivity index (χ0) is 42.3. The molecule has 14 nitrogen and oxygen atoms in total. The van der Waals surface area contributed by atoms with E-state index in [4.69, 9.17) is 28.4 Å². The number of piperazine rings is 1. The number of thioether (sulfide) groups is 1. The van der Waals surface area contributed by atoms with E-state index in [0.29, 0.717) is 64.5 Å². The van der Waals surface area contributed by atoms with Gasteiger partial charge in [-0.2, -0.15) is 5.26 Å². The van der Waals surface area contributed by atoms with Crippen LogP contribution in [0.15, 0.2) is 54.6 Å². The van der Waals surface area contributed by atoms with Gasteiger partial charge in [0.05, 0.1) is 37.6 Å². The van der Waals surface area contributed by atoms with Crippen molar-refractivity contribution in [1.82, 2.24) is 15.5 Å². The van der Waals surface area contributed by atoms with Crippen molar-refractivity contribution in [2.24, 2.45) is 0 Å². The molecule has 0 aromatic heterocycles. The van der Waals surface area contributed by atoms with E-state index in [-0.39, 0.29) is 48.2 Å². The van der Waals surface area contributed by atoms with Crippen LogP contribution in [0.4, 0.5) is 0 Å². The molecule has 0 radical (unpaired) electrons. The van der Waals surface area contributed by atoms with Crippen molar-refractivity contribution in [2.75, 3.05) is 39.9 Å². The number of aryl methyl sites for hydroxylation is 1. The molecule has 7 heterocycles. The Kier molecular flexibility index (Phi) is 9.59. The maximum absolute atomic E-state index is 14.9. The van der Waals surface area contributed by atoms with E-state index in [0.717, 1.165) is 22.3 Å². The third-order valence-electron chi connectivity index (χ3n) is 13.1. The topological polar surface area (TPSA) is 181 Å². The summed E-state index contributed by atoms with van der Waals surface area (Å²) in [6.45, 7) is 3.84. The minimum absolute atomic E-state index is 0.0259. The summed E-state index contributed by atoms with van der Waals surface area (Å²) in [5.74, 6) is 0.785. The average Bonchev–Trinajstić information content (AvgIpc) is 3.76. The molecule has 0 saturated carbocycles. The van der Waals surface area contributed by atoms with E-state index < -0.39 is 46.9 Å². The maximum Gasteiger partial charge on any atom is 0.336 e. The van der Waals surface area contributed by atoms with Gasteiger partial charge in [-0.3, -0.25) is 10.2 Å². The molecule has 2 fully saturated rings. The molecule has 4 aromatic carbocycles. The van der Waals surface area contributed by atoms with Gasteiger partial charge in [0.2, 0.25) is 6.79 Å². The number of benzene rings is 4. The third-order valence-corrected chi connectivity index (χ3v) is 14.6. The van der Waals surface area contributed by atoms with E-state index in [1.807, 2.05) is 43.3 Å². The number of esters is 2. The molecular formula is C46H44N4O10S. The van der Waals surface area contributed by atoms with Crippen LogP contribution in [0.25, 0.3) is 6.08 Å². The van der Waals surface area contributed by atoms with Gasteiger partial charge in [-0.05, 0) is 72.7 Å². The monoisotopic (exact) mass is 844 g/mol. The number of nitriles is 1. The summed E-state index contributed by atoms with van der Waals surface area (Å²) in [6.07, 6.45) is 4.01. The highest BCUT2D eigenvalue weighted by molar-refractivity contribution is 7.99. The van der Waals surface area contributed by atoms with Crippen molar-refractivity contribution in [3.63, 3.8) is 0 Å². The predicted octanol–water partition coefficient (Wildman–Crippen LogP) is 5.34. The summed E-state index contributed by atoms with van der Waals surface area (Å²) in [5.41, 5.74) is 4.94. The lowest BCUT2D eigenvalue weighted by Gasteiger charge is -2.59. The molecule has 2 saturated heterocycles. The van der Waals surface area contributed by atoms with Gasteiger partial charge in [-0.15, -0.1) is 11.8 Å². The van der Waals surface area contributed by atoms with Gasteiger partial charge in [-0.25, -0.2) is 9.59 Å². The van der Waals surface area contributed by atoms with Crippen LogP contribution in [-0.4, -0.2) is 85.1 Å². The van der Waals surface area contributed by atoms with E-state index in [2.05, 4.69) is 21.6 Å². The summed E-state index contributed by atoms with van der Waals surface area (Å²) in [6, 6.07) is 14.6. The minimum Gasteiger partial charge on any atom is -0.507 e. The Morgan fingerprint density at radius 3 is 2.57 bits per heavy atom. The number of hydrogen-bond donors (Lipinski definition) is 4. The van der Waals surface area contributed by atoms with Crippen molar-refractivity contribution < 1.29 is 48.2 Å². The first-order chi connectivity index (χ1) is 29.6. The number of aromatic hydroxyl groups is 2. The fourth-order valence-corrected chi connectivity index (χ4v) is 12.2. The van der Waals surface area contributed by atoms with Gasteiger partial charge >= 0.3 is 11.9 Å². The number of nitrogens with zero attached hydrogens (tertiary/aromatic N) is 2. The van der Waals surface area contributed by atoms with Crippen molar-refractivity contribution in [3.05, 3.63) is 105 Å². The predicted molar refractivity (Wildman–Crippen MR) is 223 cm³/mol. The molecule has 0 aliphatic carbocycles. The zero-order valence-corrected chi connectivity index (χ0v) is 34.8. The van der Waals surface area contributed by atoms with Crippen molar-refractivity contribution in [2.45, 2.75) is 67.7 Å². The van der Waals surface area contributed by atoms with E-state index in [1.54, 1.807) is 25.1 Å². The number of phenols is 2. The summed E-state index contributed by atoms with van der Waals surface area (Å²) >= 11 is 1.45. The Bertz CT molecular complexity index is 2580. The Hall–Kier alpha value is -5.92. The van der Waals surface area contributed by atoms with Gasteiger partial charge < -0.3 is 44.0 Å². The second-order valence-electron chi connectivity index (χ2n) is 16.2. The molecule has 61 heavy (non-hydrogen) atoms. The number of phenolic OH excluding ortho intramolecular Hbond substituents is 2. The second kappa shape index (κ2) is 14.9. The molecule has 4 N–H and O–H groups in total. The molecule has 7 atom stereocenters. The number of ether oxygens (including phenoxy) is 6. The van der Waals surface area contributed by atoms with Gasteiger partial charge in [0.25, 0.3) is 0 Å². The molecular weight excluding hydrogens is 801 g/mol. The SMILES string of the molecule is COc1cc2c(cc1OC(=O)/C=C/c1ccccc1)CCN[C@]21CS[C@@H]2c3c(O)c(C)c4c(c3[C@H](COC1=O)N1C2[C@H]2N[C@@H](Cc3cc(C)c(OC)c(O)c32)[C@@H]1C#N)OCO4. The Morgan fingerprint density at radius 2 is 1.80 bits per heavy atom. The van der Waals surface area contributed by atoms with Gasteiger partial charge in [0.1, 0.15) is 18.4 Å². The molecule has 4 bridgehead atoms. The number of nitrogens with one attached hydrogen (secondary N) is 2. The molecule has 11 rings (SSSR count). The lowest BCUT2D eigenvalue weighted by molar-refractivity contribution is -0.155. The van der Waals surface area contributed by atoms with Crippen LogP contribution in [-0.2, 0) is 32.7 Å². The minimum atomic E-state index is -1.41. The summed E-state index contributed by atoms with van der Waals surface area (Å²) in [4.78, 5) is 30.1. The van der Waals surface area contributed by atoms with Gasteiger partial charge in [-0.1, -0.05) is 36.4 Å². The number of carbonyl (C=O) groups excluding carboxylic acids is 2. The van der Waals surface area contributed by atoms with Crippen LogP contribution in [0.3, 0.4) is 0 Å². The van der Waals surface area contributed by atoms with Crippen LogP contribution in [0, 0.1) is 25.2 Å². The number of hydrogen-bond acceptors (Lipinski definition) is 15. The highest BCUT2D eigenvalue weighted by atomic mass is 32.2. The molecule has 314 valence electrons. The van der Waals surface area contributed by atoms with Crippen molar-refractivity contribution in [3.8, 4) is 46.3 Å². The average molecular weight is 845 g/mol. The fourth-order valence-electron chi connectivity index (χ4n) is 10.5. The largest absolute Gasteiger partial charge is 0.507 e. The normalized spacial score (nSPS) is 27.0. The highest BCUT2D eigenvalue weighted by Gasteiger charge is 2.60. The zero-order valence-electron chi connectivity index (χ0n) is 33.9. The highest BCUT2D eigenvalue weighted by Crippen LogP contribution is 2.63. The third kappa shape index (κ3) is 5.94. The van der Waals surface area contributed by atoms with Crippen LogP contribution in [0.1, 0.15) is 67.4 Å². The number of methoxy groups -OCH3 is 2. The first-order valence-electron chi connectivity index (χ1n) is 20.3. The van der Waals surface area contributed by atoms with Crippen LogP contribution in [0.2, 0.25) is 0 Å². The lowest BCUT2D eigenvalue weighted by atomic mass is 9.72. The van der Waals surface area contributed by atoms with Crippen molar-refractivity contribution >= 4 is 29.8 Å². The molecule has 1 unspecified atom stereocenters. The van der Waals surface area contributed by atoms with E-state index in [1.165, 1.54) is 32.1 Å². The van der Waals surface area contributed by atoms with Gasteiger partial charge in [0, 0.05) is 52.7 Å². The number of fused-ring (bicyclic) bond motifs is 9. The number of rotatable bonds is 5. The molecule has 1 spiro atoms. The van der Waals surface area contributed by atoms with Crippen LogP contribution < -0.4 is 34.3 Å². The first-order valence-corrected chi connectivity index (χ1v) is 21.3. The molecule has 15 heteroatoms. The van der Waals surface area contributed by atoms with E-state index in [9.17, 15) is 25.1 Å².